The van der Waals surface area contributed by atoms with E-state index in [9.17, 15) is 4.79 Å². The van der Waals surface area contributed by atoms with E-state index in [0.29, 0.717) is 10.8 Å². The molecule has 1 aliphatic rings. The average molecular weight is 282 g/mol. The zero-order chi connectivity index (χ0) is 13.8. The van der Waals surface area contributed by atoms with E-state index in [2.05, 4.69) is 10.3 Å². The van der Waals surface area contributed by atoms with Gasteiger partial charge in [0.15, 0.2) is 0 Å². The maximum absolute atomic E-state index is 12.5. The van der Waals surface area contributed by atoms with E-state index in [4.69, 9.17) is 11.6 Å². The Kier molecular flexibility index (Phi) is 4.77. The standard InChI is InChI=1S/C14H20ClN3O/c1-10(2)14(19)18(12-5-7-16-8-6-12)13-4-3-11(15)9-17-13/h3-4,9-10,12,16H,5-8H2,1-2H3. The van der Waals surface area contributed by atoms with Crippen molar-refractivity contribution >= 4 is 23.3 Å². The van der Waals surface area contributed by atoms with Crippen LogP contribution >= 0.6 is 11.6 Å². The normalized spacial score (nSPS) is 16.6. The van der Waals surface area contributed by atoms with Crippen LogP contribution in [0, 0.1) is 5.92 Å². The molecule has 1 saturated heterocycles. The molecule has 1 fully saturated rings. The quantitative estimate of drug-likeness (QED) is 0.926. The van der Waals surface area contributed by atoms with Gasteiger partial charge in [-0.2, -0.15) is 0 Å². The number of rotatable bonds is 3. The van der Waals surface area contributed by atoms with Crippen LogP contribution in [0.5, 0.6) is 0 Å². The first kappa shape index (κ1) is 14.3. The van der Waals surface area contributed by atoms with Crippen LogP contribution in [-0.2, 0) is 4.79 Å². The first-order valence-corrected chi connectivity index (χ1v) is 7.12. The van der Waals surface area contributed by atoms with E-state index in [1.807, 2.05) is 24.8 Å². The van der Waals surface area contributed by atoms with Crippen LogP contribution in [0.3, 0.4) is 0 Å². The summed E-state index contributed by atoms with van der Waals surface area (Å²) in [6.45, 7) is 5.74. The number of anilines is 1. The second-order valence-corrected chi connectivity index (χ2v) is 5.62. The molecule has 1 aromatic heterocycles. The van der Waals surface area contributed by atoms with E-state index in [0.717, 1.165) is 25.9 Å². The van der Waals surface area contributed by atoms with Crippen molar-refractivity contribution in [2.24, 2.45) is 5.92 Å². The van der Waals surface area contributed by atoms with Crippen LogP contribution in [0.25, 0.3) is 0 Å². The van der Waals surface area contributed by atoms with Gasteiger partial charge in [0, 0.05) is 18.2 Å². The topological polar surface area (TPSA) is 45.2 Å². The van der Waals surface area contributed by atoms with Gasteiger partial charge in [-0.15, -0.1) is 0 Å². The molecule has 0 unspecified atom stereocenters. The third kappa shape index (κ3) is 3.45. The summed E-state index contributed by atoms with van der Waals surface area (Å²) in [7, 11) is 0. The SMILES string of the molecule is CC(C)C(=O)N(c1ccc(Cl)cn1)C1CCNCC1. The molecule has 19 heavy (non-hydrogen) atoms. The minimum Gasteiger partial charge on any atom is -0.317 e. The van der Waals surface area contributed by atoms with Crippen molar-refractivity contribution in [3.05, 3.63) is 23.4 Å². The Morgan fingerprint density at radius 3 is 2.63 bits per heavy atom. The van der Waals surface area contributed by atoms with Gasteiger partial charge in [-0.3, -0.25) is 9.69 Å². The van der Waals surface area contributed by atoms with Gasteiger partial charge >= 0.3 is 0 Å². The van der Waals surface area contributed by atoms with Crippen molar-refractivity contribution in [2.75, 3.05) is 18.0 Å². The van der Waals surface area contributed by atoms with Gasteiger partial charge in [0.1, 0.15) is 5.82 Å². The molecule has 0 aliphatic carbocycles. The summed E-state index contributed by atoms with van der Waals surface area (Å²) in [5.74, 6) is 0.795. The molecule has 2 rings (SSSR count). The van der Waals surface area contributed by atoms with Gasteiger partial charge < -0.3 is 5.32 Å². The molecule has 1 amide bonds. The number of carbonyl (C=O) groups is 1. The zero-order valence-electron chi connectivity index (χ0n) is 11.4. The number of nitrogens with zero attached hydrogens (tertiary/aromatic N) is 2. The number of carbonyl (C=O) groups excluding carboxylic acids is 1. The first-order chi connectivity index (χ1) is 9.09. The summed E-state index contributed by atoms with van der Waals surface area (Å²) < 4.78 is 0. The maximum atomic E-state index is 12.5. The summed E-state index contributed by atoms with van der Waals surface area (Å²) in [5.41, 5.74) is 0. The van der Waals surface area contributed by atoms with Crippen LogP contribution in [0.1, 0.15) is 26.7 Å². The highest BCUT2D eigenvalue weighted by molar-refractivity contribution is 6.30. The molecule has 1 aromatic rings. The van der Waals surface area contributed by atoms with Gasteiger partial charge in [-0.05, 0) is 38.1 Å². The van der Waals surface area contributed by atoms with Crippen LogP contribution in [0.15, 0.2) is 18.3 Å². The molecular formula is C14H20ClN3O. The number of hydrogen-bond donors (Lipinski definition) is 1. The number of nitrogens with one attached hydrogen (secondary N) is 1. The number of piperidine rings is 1. The molecule has 0 saturated carbocycles. The van der Waals surface area contributed by atoms with Gasteiger partial charge in [-0.1, -0.05) is 25.4 Å². The lowest BCUT2D eigenvalue weighted by molar-refractivity contribution is -0.122. The van der Waals surface area contributed by atoms with Gasteiger partial charge in [0.25, 0.3) is 0 Å². The van der Waals surface area contributed by atoms with E-state index in [1.165, 1.54) is 0 Å². The molecule has 5 heteroatoms. The van der Waals surface area contributed by atoms with Crippen molar-refractivity contribution in [1.29, 1.82) is 0 Å². The van der Waals surface area contributed by atoms with Gasteiger partial charge in [0.2, 0.25) is 5.91 Å². The minimum absolute atomic E-state index is 0.0348. The van der Waals surface area contributed by atoms with E-state index in [1.54, 1.807) is 12.3 Å². The van der Waals surface area contributed by atoms with Crippen molar-refractivity contribution in [1.82, 2.24) is 10.3 Å². The maximum Gasteiger partial charge on any atom is 0.230 e. The van der Waals surface area contributed by atoms with Crippen molar-refractivity contribution in [2.45, 2.75) is 32.7 Å². The second-order valence-electron chi connectivity index (χ2n) is 5.18. The summed E-state index contributed by atoms with van der Waals surface area (Å²) in [4.78, 5) is 18.6. The molecule has 0 atom stereocenters. The number of aromatic nitrogens is 1. The third-order valence-corrected chi connectivity index (χ3v) is 3.59. The lowest BCUT2D eigenvalue weighted by Crippen LogP contribution is -2.48. The van der Waals surface area contributed by atoms with Crippen LogP contribution in [0.4, 0.5) is 5.82 Å². The first-order valence-electron chi connectivity index (χ1n) is 6.75. The Morgan fingerprint density at radius 2 is 2.11 bits per heavy atom. The van der Waals surface area contributed by atoms with Crippen molar-refractivity contribution in [3.8, 4) is 0 Å². The molecule has 0 bridgehead atoms. The Morgan fingerprint density at radius 1 is 1.42 bits per heavy atom. The minimum atomic E-state index is -0.0348. The fraction of sp³-hybridized carbons (Fsp3) is 0.571. The lowest BCUT2D eigenvalue weighted by Gasteiger charge is -2.35. The van der Waals surface area contributed by atoms with Gasteiger partial charge in [0.05, 0.1) is 5.02 Å². The number of hydrogen-bond acceptors (Lipinski definition) is 3. The van der Waals surface area contributed by atoms with E-state index >= 15 is 0 Å². The Balaban J connectivity index is 2.27. The summed E-state index contributed by atoms with van der Waals surface area (Å²) >= 11 is 5.87. The highest BCUT2D eigenvalue weighted by Gasteiger charge is 2.28. The molecule has 0 aromatic carbocycles. The smallest absolute Gasteiger partial charge is 0.230 e. The van der Waals surface area contributed by atoms with Crippen molar-refractivity contribution < 1.29 is 4.79 Å². The number of pyridine rings is 1. The van der Waals surface area contributed by atoms with Crippen molar-refractivity contribution in [3.63, 3.8) is 0 Å². The highest BCUT2D eigenvalue weighted by atomic mass is 35.5. The monoisotopic (exact) mass is 281 g/mol. The van der Waals surface area contributed by atoms with E-state index in [-0.39, 0.29) is 17.9 Å². The molecular weight excluding hydrogens is 262 g/mol. The molecule has 0 radical (unpaired) electrons. The Bertz CT molecular complexity index is 427. The third-order valence-electron chi connectivity index (χ3n) is 3.36. The van der Waals surface area contributed by atoms with Crippen LogP contribution < -0.4 is 10.2 Å². The Labute approximate surface area is 119 Å². The second kappa shape index (κ2) is 6.35. The zero-order valence-corrected chi connectivity index (χ0v) is 12.2. The predicted molar refractivity (Wildman–Crippen MR) is 77.5 cm³/mol. The van der Waals surface area contributed by atoms with E-state index < -0.39 is 0 Å². The number of amides is 1. The van der Waals surface area contributed by atoms with Crippen LogP contribution in [0.2, 0.25) is 5.02 Å². The molecule has 0 spiro atoms. The molecule has 1 N–H and O–H groups in total. The average Bonchev–Trinajstić information content (AvgIpc) is 2.42. The van der Waals surface area contributed by atoms with Gasteiger partial charge in [-0.25, -0.2) is 4.98 Å². The summed E-state index contributed by atoms with van der Waals surface area (Å²) in [6.07, 6.45) is 3.52. The number of halogens is 1. The highest BCUT2D eigenvalue weighted by Crippen LogP contribution is 2.23. The predicted octanol–water partition coefficient (Wildman–Crippen LogP) is 2.48. The lowest BCUT2D eigenvalue weighted by atomic mass is 10.0. The Hall–Kier alpha value is -1.13. The molecule has 1 aliphatic heterocycles. The molecule has 104 valence electrons. The summed E-state index contributed by atoms with van der Waals surface area (Å²) in [6, 6.07) is 3.83. The van der Waals surface area contributed by atoms with Crippen LogP contribution in [-0.4, -0.2) is 30.0 Å². The fourth-order valence-corrected chi connectivity index (χ4v) is 2.45. The summed E-state index contributed by atoms with van der Waals surface area (Å²) in [5, 5.41) is 3.91. The molecule has 2 heterocycles. The molecule has 4 nitrogen and oxygen atoms in total. The fourth-order valence-electron chi connectivity index (χ4n) is 2.33. The largest absolute Gasteiger partial charge is 0.317 e.